The molecule has 57 heavy (non-hydrogen) atoms. The second-order valence-electron chi connectivity index (χ2n) is 13.3. The molecule has 0 saturated carbocycles. The third kappa shape index (κ3) is 14.7. The van der Waals surface area contributed by atoms with E-state index in [-0.39, 0.29) is 64.1 Å². The lowest BCUT2D eigenvalue weighted by Crippen LogP contribution is -2.27. The molecule has 2 aromatic carbocycles. The van der Waals surface area contributed by atoms with Crippen molar-refractivity contribution in [3.63, 3.8) is 0 Å². The number of hydrogen-bond donors (Lipinski definition) is 3. The first-order valence-corrected chi connectivity index (χ1v) is 18.6. The molecule has 0 aliphatic carbocycles. The van der Waals surface area contributed by atoms with Crippen molar-refractivity contribution in [3.8, 4) is 11.3 Å². The number of rotatable bonds is 26. The van der Waals surface area contributed by atoms with E-state index in [2.05, 4.69) is 26.9 Å². The van der Waals surface area contributed by atoms with Gasteiger partial charge in [0.15, 0.2) is 5.34 Å². The van der Waals surface area contributed by atoms with Crippen LogP contribution in [0.2, 0.25) is 0 Å². The number of para-hydroxylation sites is 1. The minimum atomic E-state index is -1.28. The third-order valence-electron chi connectivity index (χ3n) is 8.61. The molecule has 0 fully saturated rings. The minimum absolute atomic E-state index is 0.0163. The maximum absolute atomic E-state index is 14.3. The average molecular weight is 795 g/mol. The monoisotopic (exact) mass is 794 g/mol. The second-order valence-corrected chi connectivity index (χ2v) is 13.3. The Morgan fingerprint density at radius 1 is 1.04 bits per heavy atom. The molecule has 3 aromatic rings. The zero-order chi connectivity index (χ0) is 41.7. The Morgan fingerprint density at radius 3 is 2.39 bits per heavy atom. The predicted octanol–water partition coefficient (Wildman–Crippen LogP) is 7.32. The van der Waals surface area contributed by atoms with Gasteiger partial charge in [-0.1, -0.05) is 62.9 Å². The number of aliphatic hydroxyl groups is 2. The number of carbonyl (C=O) groups excluding carboxylic acids is 2. The van der Waals surface area contributed by atoms with Crippen LogP contribution in [0.25, 0.3) is 16.8 Å². The Hall–Kier alpha value is -5.71. The topological polar surface area (TPSA) is 201 Å². The number of aliphatic hydroxyl groups excluding tert-OH is 2. The standard InChI is InChI=1S/C41H51FN4O11/c1-5-11-29(12-6-2)37-38(41(50)43-32-13-8-7-9-14-32)39(28(3)4)45(40(37)30-15-17-31(42)18-16-30)21-19-33(47)25-34(48)26-36(49)55-24-20-35(57-46(52)53)27-54-22-10-23-56-44-51/h5-9,11-18,28,33-35,47-48H,1,10,19-27H2,2-4H3,(H,43,50)/b12-6-,29-11+. The molecule has 0 radical (unpaired) electrons. The Bertz CT molecular complexity index is 1830. The molecular weight excluding hydrogens is 743 g/mol. The third-order valence-corrected chi connectivity index (χ3v) is 8.61. The van der Waals surface area contributed by atoms with Crippen LogP contribution in [0.4, 0.5) is 10.1 Å². The molecule has 3 atom stereocenters. The van der Waals surface area contributed by atoms with Gasteiger partial charge < -0.3 is 39.2 Å². The van der Waals surface area contributed by atoms with Crippen LogP contribution in [-0.4, -0.2) is 76.5 Å². The number of aromatic nitrogens is 1. The zero-order valence-corrected chi connectivity index (χ0v) is 32.4. The van der Waals surface area contributed by atoms with Crippen LogP contribution in [-0.2, 0) is 30.5 Å². The van der Waals surface area contributed by atoms with Crippen molar-refractivity contribution in [2.24, 2.45) is 5.34 Å². The highest BCUT2D eigenvalue weighted by Gasteiger charge is 2.31. The summed E-state index contributed by atoms with van der Waals surface area (Å²) in [7, 11) is 0. The number of amides is 1. The van der Waals surface area contributed by atoms with Crippen molar-refractivity contribution in [1.82, 2.24) is 4.57 Å². The predicted molar refractivity (Wildman–Crippen MR) is 212 cm³/mol. The highest BCUT2D eigenvalue weighted by Crippen LogP contribution is 2.41. The van der Waals surface area contributed by atoms with Crippen molar-refractivity contribution in [2.75, 3.05) is 31.7 Å². The summed E-state index contributed by atoms with van der Waals surface area (Å²) < 4.78 is 26.6. The average Bonchev–Trinajstić information content (AvgIpc) is 3.51. The van der Waals surface area contributed by atoms with Gasteiger partial charge in [0.2, 0.25) is 0 Å². The molecule has 1 aromatic heterocycles. The highest BCUT2D eigenvalue weighted by molar-refractivity contribution is 6.11. The van der Waals surface area contributed by atoms with E-state index in [0.717, 1.165) is 0 Å². The van der Waals surface area contributed by atoms with Gasteiger partial charge in [-0.3, -0.25) is 9.59 Å². The van der Waals surface area contributed by atoms with Gasteiger partial charge in [0.05, 0.1) is 49.7 Å². The first-order valence-electron chi connectivity index (χ1n) is 18.6. The fraction of sp³-hybridized carbons (Fsp3) is 0.415. The van der Waals surface area contributed by atoms with E-state index < -0.39 is 41.6 Å². The largest absolute Gasteiger partial charge is 0.466 e. The summed E-state index contributed by atoms with van der Waals surface area (Å²) in [6.45, 7) is 9.51. The molecule has 3 unspecified atom stereocenters. The van der Waals surface area contributed by atoms with Gasteiger partial charge in [0.25, 0.3) is 11.0 Å². The Kier molecular flexibility index (Phi) is 19.3. The Balaban J connectivity index is 1.82. The fourth-order valence-corrected chi connectivity index (χ4v) is 6.25. The highest BCUT2D eigenvalue weighted by atomic mass is 19.1. The lowest BCUT2D eigenvalue weighted by Gasteiger charge is -2.20. The lowest BCUT2D eigenvalue weighted by atomic mass is 9.93. The number of hydrogen-bond acceptors (Lipinski definition) is 12. The SMILES string of the molecule is C=C/C=C(\C=C/C)c1c(C(=O)Nc2ccccc2)c(C(C)C)n(CCC(O)CC(O)CC(=O)OCCC(COCCCON=O)O[N+](=O)[O-])c1-c1ccc(F)cc1. The van der Waals surface area contributed by atoms with Gasteiger partial charge in [-0.25, -0.2) is 4.39 Å². The van der Waals surface area contributed by atoms with E-state index in [9.17, 15) is 39.2 Å². The molecule has 308 valence electrons. The molecule has 16 heteroatoms. The number of ether oxygens (including phenoxy) is 2. The van der Waals surface area contributed by atoms with Gasteiger partial charge in [0, 0.05) is 36.3 Å². The van der Waals surface area contributed by atoms with Crippen molar-refractivity contribution in [2.45, 2.75) is 83.6 Å². The van der Waals surface area contributed by atoms with Gasteiger partial charge in [-0.05, 0) is 73.2 Å². The van der Waals surface area contributed by atoms with Crippen LogP contribution in [0, 0.1) is 20.8 Å². The van der Waals surface area contributed by atoms with Crippen LogP contribution >= 0.6 is 0 Å². The lowest BCUT2D eigenvalue weighted by molar-refractivity contribution is -0.769. The van der Waals surface area contributed by atoms with Crippen LogP contribution in [0.5, 0.6) is 0 Å². The Labute approximate surface area is 330 Å². The number of allylic oxidation sites excluding steroid dienone is 5. The molecule has 1 amide bonds. The van der Waals surface area contributed by atoms with E-state index in [1.807, 2.05) is 55.7 Å². The molecule has 0 saturated heterocycles. The normalized spacial score (nSPS) is 13.2. The molecule has 3 N–H and O–H groups in total. The quantitative estimate of drug-likeness (QED) is 0.0184. The van der Waals surface area contributed by atoms with Crippen molar-refractivity contribution < 1.29 is 48.4 Å². The van der Waals surface area contributed by atoms with Crippen molar-refractivity contribution in [3.05, 3.63) is 123 Å². The molecule has 0 aliphatic heterocycles. The Morgan fingerprint density at radius 2 is 1.75 bits per heavy atom. The summed E-state index contributed by atoms with van der Waals surface area (Å²) in [5.41, 5.74) is 4.18. The maximum Gasteiger partial charge on any atom is 0.308 e. The summed E-state index contributed by atoms with van der Waals surface area (Å²) in [4.78, 5) is 56.6. The van der Waals surface area contributed by atoms with Gasteiger partial charge in [-0.15, -0.1) is 15.0 Å². The number of halogens is 1. The van der Waals surface area contributed by atoms with Crippen molar-refractivity contribution >= 4 is 23.1 Å². The summed E-state index contributed by atoms with van der Waals surface area (Å²) in [6.07, 6.45) is 3.40. The number of carbonyl (C=O) groups is 2. The summed E-state index contributed by atoms with van der Waals surface area (Å²) in [5, 5.41) is 37.0. The molecule has 0 aliphatic rings. The first kappa shape index (κ1) is 45.7. The van der Waals surface area contributed by atoms with Crippen molar-refractivity contribution in [1.29, 1.82) is 0 Å². The zero-order valence-electron chi connectivity index (χ0n) is 32.4. The number of benzene rings is 2. The van der Waals surface area contributed by atoms with Crippen LogP contribution < -0.4 is 5.32 Å². The number of esters is 1. The van der Waals surface area contributed by atoms with E-state index >= 15 is 0 Å². The molecule has 1 heterocycles. The first-order chi connectivity index (χ1) is 27.4. The van der Waals surface area contributed by atoms with Crippen LogP contribution in [0.3, 0.4) is 0 Å². The molecule has 3 rings (SSSR count). The maximum atomic E-state index is 14.3. The van der Waals surface area contributed by atoms with E-state index in [1.165, 1.54) is 12.1 Å². The summed E-state index contributed by atoms with van der Waals surface area (Å²) in [5.74, 6) is -1.79. The van der Waals surface area contributed by atoms with Crippen LogP contribution in [0.15, 0.2) is 90.8 Å². The summed E-state index contributed by atoms with van der Waals surface area (Å²) >= 11 is 0. The van der Waals surface area contributed by atoms with E-state index in [4.69, 9.17) is 9.47 Å². The van der Waals surface area contributed by atoms with Gasteiger partial charge in [-0.2, -0.15) is 0 Å². The minimum Gasteiger partial charge on any atom is -0.466 e. The van der Waals surface area contributed by atoms with Gasteiger partial charge >= 0.3 is 5.97 Å². The van der Waals surface area contributed by atoms with E-state index in [1.54, 1.807) is 36.4 Å². The summed E-state index contributed by atoms with van der Waals surface area (Å²) in [6, 6.07) is 15.0. The van der Waals surface area contributed by atoms with Gasteiger partial charge in [0.1, 0.15) is 18.5 Å². The molecular formula is C41H51FN4O11. The second kappa shape index (κ2) is 24.0. The molecule has 0 spiro atoms. The number of anilines is 1. The number of nitrogens with one attached hydrogen (secondary N) is 1. The fourth-order valence-electron chi connectivity index (χ4n) is 6.25. The smallest absolute Gasteiger partial charge is 0.308 e. The molecule has 0 bridgehead atoms. The number of nitrogens with zero attached hydrogens (tertiary/aromatic N) is 3. The van der Waals surface area contributed by atoms with E-state index in [0.29, 0.717) is 45.8 Å². The molecule has 15 nitrogen and oxygen atoms in total. The van der Waals surface area contributed by atoms with Crippen LogP contribution in [0.1, 0.15) is 80.4 Å².